The topological polar surface area (TPSA) is 23.6 Å². The lowest BCUT2D eigenvalue weighted by Crippen LogP contribution is -2.40. The van der Waals surface area contributed by atoms with Gasteiger partial charge in [0.2, 0.25) is 5.91 Å². The maximum absolute atomic E-state index is 12.0. The van der Waals surface area contributed by atoms with Crippen molar-refractivity contribution in [3.8, 4) is 0 Å². The molecule has 0 unspecified atom stereocenters. The molecule has 98 valence electrons. The highest BCUT2D eigenvalue weighted by molar-refractivity contribution is 5.87. The molecular weight excluding hydrogens is 212 g/mol. The Kier molecular flexibility index (Phi) is 5.69. The van der Waals surface area contributed by atoms with Crippen LogP contribution in [0.2, 0.25) is 0 Å². The Balaban J connectivity index is 2.43. The lowest BCUT2D eigenvalue weighted by molar-refractivity contribution is -0.128. The van der Waals surface area contributed by atoms with Gasteiger partial charge in [0.25, 0.3) is 0 Å². The van der Waals surface area contributed by atoms with E-state index in [2.05, 4.69) is 18.7 Å². The van der Waals surface area contributed by atoms with Crippen molar-refractivity contribution >= 4 is 5.91 Å². The third-order valence-corrected chi connectivity index (χ3v) is 3.44. The van der Waals surface area contributed by atoms with E-state index < -0.39 is 0 Å². The fourth-order valence-corrected chi connectivity index (χ4v) is 2.22. The van der Waals surface area contributed by atoms with Crippen molar-refractivity contribution in [2.45, 2.75) is 26.7 Å². The zero-order valence-electron chi connectivity index (χ0n) is 11.6. The van der Waals surface area contributed by atoms with E-state index in [4.69, 9.17) is 0 Å². The van der Waals surface area contributed by atoms with Gasteiger partial charge in [0.15, 0.2) is 0 Å². The average molecular weight is 238 g/mol. The second-order valence-electron chi connectivity index (χ2n) is 5.60. The van der Waals surface area contributed by atoms with Crippen molar-refractivity contribution in [2.24, 2.45) is 11.8 Å². The molecule has 3 nitrogen and oxygen atoms in total. The third-order valence-electron chi connectivity index (χ3n) is 3.44. The van der Waals surface area contributed by atoms with Crippen LogP contribution in [-0.4, -0.2) is 49.4 Å². The van der Waals surface area contributed by atoms with Gasteiger partial charge in [0, 0.05) is 25.7 Å². The van der Waals surface area contributed by atoms with E-state index in [0.717, 1.165) is 26.1 Å². The van der Waals surface area contributed by atoms with Gasteiger partial charge in [-0.15, -0.1) is 0 Å². The van der Waals surface area contributed by atoms with Gasteiger partial charge in [-0.25, -0.2) is 0 Å². The Bertz CT molecular complexity index is 271. The molecule has 1 atom stereocenters. The number of rotatable bonds is 4. The van der Waals surface area contributed by atoms with E-state index in [9.17, 15) is 4.79 Å². The maximum atomic E-state index is 12.0. The van der Waals surface area contributed by atoms with E-state index in [-0.39, 0.29) is 5.91 Å². The summed E-state index contributed by atoms with van der Waals surface area (Å²) < 4.78 is 0. The number of hydrogen-bond donors (Lipinski definition) is 0. The lowest BCUT2D eigenvalue weighted by Gasteiger charge is -2.34. The summed E-state index contributed by atoms with van der Waals surface area (Å²) >= 11 is 0. The van der Waals surface area contributed by atoms with Crippen LogP contribution in [0.4, 0.5) is 0 Å². The third kappa shape index (κ3) is 4.90. The minimum Gasteiger partial charge on any atom is -0.339 e. The Morgan fingerprint density at radius 1 is 1.47 bits per heavy atom. The summed E-state index contributed by atoms with van der Waals surface area (Å²) in [6, 6.07) is 0. The quantitative estimate of drug-likeness (QED) is 0.699. The fraction of sp³-hybridized carbons (Fsp3) is 0.786. The van der Waals surface area contributed by atoms with Crippen LogP contribution in [0.25, 0.3) is 0 Å². The van der Waals surface area contributed by atoms with Gasteiger partial charge in [-0.1, -0.05) is 19.9 Å². The summed E-state index contributed by atoms with van der Waals surface area (Å²) in [5.41, 5.74) is 0. The van der Waals surface area contributed by atoms with Gasteiger partial charge in [-0.05, 0) is 38.8 Å². The van der Waals surface area contributed by atoms with Crippen molar-refractivity contribution in [1.29, 1.82) is 0 Å². The van der Waals surface area contributed by atoms with Gasteiger partial charge in [0.05, 0.1) is 0 Å². The average Bonchev–Trinajstić information content (AvgIpc) is 2.28. The van der Waals surface area contributed by atoms with Crippen LogP contribution in [-0.2, 0) is 4.79 Å². The number of amides is 1. The van der Waals surface area contributed by atoms with Crippen LogP contribution in [0.15, 0.2) is 12.2 Å². The second kappa shape index (κ2) is 6.80. The van der Waals surface area contributed by atoms with E-state index in [0.29, 0.717) is 11.8 Å². The summed E-state index contributed by atoms with van der Waals surface area (Å²) in [5, 5.41) is 0. The molecule has 0 aromatic rings. The predicted molar refractivity (Wildman–Crippen MR) is 71.8 cm³/mol. The molecule has 0 spiro atoms. The molecule has 1 aliphatic heterocycles. The van der Waals surface area contributed by atoms with Crippen molar-refractivity contribution in [3.63, 3.8) is 0 Å². The Morgan fingerprint density at radius 2 is 2.18 bits per heavy atom. The number of hydrogen-bond acceptors (Lipinski definition) is 2. The zero-order valence-corrected chi connectivity index (χ0v) is 11.6. The minimum atomic E-state index is 0.178. The Hall–Kier alpha value is -0.830. The first-order valence-electron chi connectivity index (χ1n) is 6.61. The van der Waals surface area contributed by atoms with Crippen molar-refractivity contribution in [1.82, 2.24) is 9.80 Å². The molecule has 1 heterocycles. The number of carbonyl (C=O) groups excluding carboxylic acids is 1. The number of nitrogens with zero attached hydrogens (tertiary/aromatic N) is 2. The number of piperidine rings is 1. The van der Waals surface area contributed by atoms with Crippen LogP contribution in [0.3, 0.4) is 0 Å². The molecule has 0 aliphatic carbocycles. The highest BCUT2D eigenvalue weighted by atomic mass is 16.2. The molecule has 0 bridgehead atoms. The number of carbonyl (C=O) groups is 1. The van der Waals surface area contributed by atoms with Crippen LogP contribution >= 0.6 is 0 Å². The van der Waals surface area contributed by atoms with E-state index in [1.54, 1.807) is 6.08 Å². The standard InChI is InChI=1S/C14H26N2O/c1-12(2)13-7-5-10-16(11-13)14(17)8-6-9-15(3)4/h6,8,12-13H,5,7,9-11H2,1-4H3/b8-6+/t13-/m0/s1. The summed E-state index contributed by atoms with van der Waals surface area (Å²) in [6.07, 6.45) is 6.09. The SMILES string of the molecule is CC(C)[C@H]1CCCN(C(=O)/C=C/CN(C)C)C1. The number of likely N-dealkylation sites (tertiary alicyclic amines) is 1. The first-order valence-corrected chi connectivity index (χ1v) is 6.61. The molecular formula is C14H26N2O. The van der Waals surface area contributed by atoms with E-state index in [1.165, 1.54) is 6.42 Å². The number of likely N-dealkylation sites (N-methyl/N-ethyl adjacent to an activating group) is 1. The monoisotopic (exact) mass is 238 g/mol. The highest BCUT2D eigenvalue weighted by Gasteiger charge is 2.24. The van der Waals surface area contributed by atoms with Gasteiger partial charge < -0.3 is 9.80 Å². The molecule has 1 rings (SSSR count). The van der Waals surface area contributed by atoms with Crippen LogP contribution in [0.1, 0.15) is 26.7 Å². The van der Waals surface area contributed by atoms with Crippen molar-refractivity contribution in [2.75, 3.05) is 33.7 Å². The molecule has 1 saturated heterocycles. The molecule has 3 heteroatoms. The zero-order chi connectivity index (χ0) is 12.8. The first kappa shape index (κ1) is 14.2. The summed E-state index contributed by atoms with van der Waals surface area (Å²) in [4.78, 5) is 16.0. The van der Waals surface area contributed by atoms with E-state index >= 15 is 0 Å². The van der Waals surface area contributed by atoms with Crippen molar-refractivity contribution < 1.29 is 4.79 Å². The molecule has 1 aliphatic rings. The van der Waals surface area contributed by atoms with E-state index in [1.807, 2.05) is 25.1 Å². The molecule has 1 fully saturated rings. The first-order chi connectivity index (χ1) is 8.00. The van der Waals surface area contributed by atoms with Gasteiger partial charge in [0.1, 0.15) is 0 Å². The minimum absolute atomic E-state index is 0.178. The molecule has 0 radical (unpaired) electrons. The smallest absolute Gasteiger partial charge is 0.246 e. The van der Waals surface area contributed by atoms with Crippen LogP contribution in [0.5, 0.6) is 0 Å². The van der Waals surface area contributed by atoms with Gasteiger partial charge in [-0.2, -0.15) is 0 Å². The molecule has 0 N–H and O–H groups in total. The summed E-state index contributed by atoms with van der Waals surface area (Å²) in [5.74, 6) is 1.53. The maximum Gasteiger partial charge on any atom is 0.246 e. The van der Waals surface area contributed by atoms with Gasteiger partial charge in [-0.3, -0.25) is 4.79 Å². The second-order valence-corrected chi connectivity index (χ2v) is 5.60. The Labute approximate surface area is 105 Å². The Morgan fingerprint density at radius 3 is 2.76 bits per heavy atom. The largest absolute Gasteiger partial charge is 0.339 e. The molecule has 0 aromatic heterocycles. The lowest BCUT2D eigenvalue weighted by atomic mass is 9.88. The highest BCUT2D eigenvalue weighted by Crippen LogP contribution is 2.23. The van der Waals surface area contributed by atoms with Crippen LogP contribution in [0, 0.1) is 11.8 Å². The van der Waals surface area contributed by atoms with Crippen molar-refractivity contribution in [3.05, 3.63) is 12.2 Å². The van der Waals surface area contributed by atoms with Gasteiger partial charge >= 0.3 is 0 Å². The molecule has 17 heavy (non-hydrogen) atoms. The predicted octanol–water partition coefficient (Wildman–Crippen LogP) is 2.00. The molecule has 1 amide bonds. The summed E-state index contributed by atoms with van der Waals surface area (Å²) in [6.45, 7) is 7.19. The fourth-order valence-electron chi connectivity index (χ4n) is 2.22. The summed E-state index contributed by atoms with van der Waals surface area (Å²) in [7, 11) is 4.01. The molecule has 0 saturated carbocycles. The van der Waals surface area contributed by atoms with Crippen LogP contribution < -0.4 is 0 Å². The molecule has 0 aromatic carbocycles. The normalized spacial score (nSPS) is 21.8.